The summed E-state index contributed by atoms with van der Waals surface area (Å²) in [5, 5.41) is 3.16. The van der Waals surface area contributed by atoms with Gasteiger partial charge >= 0.3 is 0 Å². The van der Waals surface area contributed by atoms with Gasteiger partial charge in [-0.3, -0.25) is 4.79 Å². The second-order valence-corrected chi connectivity index (χ2v) is 5.27. The third-order valence-electron chi connectivity index (χ3n) is 3.62. The molecule has 2 rings (SSSR count). The van der Waals surface area contributed by atoms with Gasteiger partial charge in [-0.25, -0.2) is 4.39 Å². The van der Waals surface area contributed by atoms with Crippen LogP contribution in [0.5, 0.6) is 0 Å². The SMILES string of the molecule is CCCCN(Cc1ccccc1F)C(=O)C1CNCCO1.Cl. The lowest BCUT2D eigenvalue weighted by Crippen LogP contribution is -2.49. The van der Waals surface area contributed by atoms with Crippen LogP contribution in [0.1, 0.15) is 25.3 Å². The Balaban J connectivity index is 0.00000242. The van der Waals surface area contributed by atoms with Gasteiger partial charge in [-0.1, -0.05) is 31.5 Å². The molecule has 1 aliphatic heterocycles. The maximum Gasteiger partial charge on any atom is 0.253 e. The van der Waals surface area contributed by atoms with Crippen LogP contribution in [0.3, 0.4) is 0 Å². The summed E-state index contributed by atoms with van der Waals surface area (Å²) >= 11 is 0. The number of halogens is 2. The monoisotopic (exact) mass is 330 g/mol. The van der Waals surface area contributed by atoms with Crippen LogP contribution in [-0.2, 0) is 16.1 Å². The molecule has 124 valence electrons. The third-order valence-corrected chi connectivity index (χ3v) is 3.62. The highest BCUT2D eigenvalue weighted by molar-refractivity contribution is 5.85. The smallest absolute Gasteiger partial charge is 0.253 e. The largest absolute Gasteiger partial charge is 0.366 e. The first-order chi connectivity index (χ1) is 10.2. The molecule has 1 saturated heterocycles. The van der Waals surface area contributed by atoms with Gasteiger partial charge in [0.1, 0.15) is 11.9 Å². The number of morpholine rings is 1. The van der Waals surface area contributed by atoms with Gasteiger partial charge in [0.05, 0.1) is 6.61 Å². The number of nitrogens with one attached hydrogen (secondary N) is 1. The Hall–Kier alpha value is -1.17. The van der Waals surface area contributed by atoms with E-state index in [-0.39, 0.29) is 24.1 Å². The standard InChI is InChI=1S/C16H23FN2O2.ClH/c1-2-3-9-19(12-13-6-4-5-7-14(13)17)16(20)15-11-18-8-10-21-15;/h4-7,15,18H,2-3,8-12H2,1H3;1H. The fourth-order valence-electron chi connectivity index (χ4n) is 2.38. The van der Waals surface area contributed by atoms with Crippen molar-refractivity contribution in [2.75, 3.05) is 26.2 Å². The van der Waals surface area contributed by atoms with Gasteiger partial charge in [0.15, 0.2) is 0 Å². The molecule has 0 aliphatic carbocycles. The fraction of sp³-hybridized carbons (Fsp3) is 0.562. The number of carbonyl (C=O) groups excluding carboxylic acids is 1. The molecule has 4 nitrogen and oxygen atoms in total. The zero-order valence-corrected chi connectivity index (χ0v) is 13.7. The van der Waals surface area contributed by atoms with Crippen molar-refractivity contribution in [2.24, 2.45) is 0 Å². The van der Waals surface area contributed by atoms with Crippen molar-refractivity contribution in [1.29, 1.82) is 0 Å². The van der Waals surface area contributed by atoms with E-state index in [1.807, 2.05) is 0 Å². The second kappa shape index (κ2) is 9.77. The van der Waals surface area contributed by atoms with Gasteiger partial charge in [0.25, 0.3) is 5.91 Å². The molecule has 1 atom stereocenters. The Bertz CT molecular complexity index is 467. The Labute approximate surface area is 137 Å². The van der Waals surface area contributed by atoms with E-state index in [0.717, 1.165) is 19.4 Å². The molecule has 0 spiro atoms. The second-order valence-electron chi connectivity index (χ2n) is 5.27. The average Bonchev–Trinajstić information content (AvgIpc) is 2.53. The van der Waals surface area contributed by atoms with E-state index in [2.05, 4.69) is 12.2 Å². The van der Waals surface area contributed by atoms with Gasteiger partial charge in [-0.2, -0.15) is 0 Å². The van der Waals surface area contributed by atoms with Crippen molar-refractivity contribution in [3.8, 4) is 0 Å². The number of carbonyl (C=O) groups is 1. The zero-order chi connectivity index (χ0) is 15.1. The van der Waals surface area contributed by atoms with Crippen molar-refractivity contribution < 1.29 is 13.9 Å². The summed E-state index contributed by atoms with van der Waals surface area (Å²) in [6.45, 7) is 4.84. The molecule has 1 unspecified atom stereocenters. The molecule has 6 heteroatoms. The topological polar surface area (TPSA) is 41.6 Å². The molecule has 1 heterocycles. The van der Waals surface area contributed by atoms with Crippen molar-refractivity contribution in [3.63, 3.8) is 0 Å². The van der Waals surface area contributed by atoms with Crippen LogP contribution in [0, 0.1) is 5.82 Å². The van der Waals surface area contributed by atoms with Gasteiger partial charge in [-0.05, 0) is 12.5 Å². The number of nitrogens with zero attached hydrogens (tertiary/aromatic N) is 1. The summed E-state index contributed by atoms with van der Waals surface area (Å²) in [7, 11) is 0. The molecule has 0 bridgehead atoms. The summed E-state index contributed by atoms with van der Waals surface area (Å²) in [6.07, 6.45) is 1.44. The molecule has 1 N–H and O–H groups in total. The normalized spacial score (nSPS) is 17.6. The van der Waals surface area contributed by atoms with Crippen LogP contribution in [0.2, 0.25) is 0 Å². The quantitative estimate of drug-likeness (QED) is 0.870. The zero-order valence-electron chi connectivity index (χ0n) is 12.9. The van der Waals surface area contributed by atoms with Crippen molar-refractivity contribution in [2.45, 2.75) is 32.4 Å². The van der Waals surface area contributed by atoms with E-state index < -0.39 is 6.10 Å². The van der Waals surface area contributed by atoms with E-state index in [9.17, 15) is 9.18 Å². The van der Waals surface area contributed by atoms with Crippen molar-refractivity contribution >= 4 is 18.3 Å². The molecule has 22 heavy (non-hydrogen) atoms. The molecule has 1 amide bonds. The van der Waals surface area contributed by atoms with E-state index in [4.69, 9.17) is 4.74 Å². The summed E-state index contributed by atoms with van der Waals surface area (Å²) < 4.78 is 19.3. The van der Waals surface area contributed by atoms with Gasteiger partial charge < -0.3 is 15.0 Å². The molecular weight excluding hydrogens is 307 g/mol. The number of unbranched alkanes of at least 4 members (excludes halogenated alkanes) is 1. The molecule has 1 aromatic carbocycles. The highest BCUT2D eigenvalue weighted by Gasteiger charge is 2.27. The summed E-state index contributed by atoms with van der Waals surface area (Å²) in [5.41, 5.74) is 0.547. The fourth-order valence-corrected chi connectivity index (χ4v) is 2.38. The summed E-state index contributed by atoms with van der Waals surface area (Å²) in [5.74, 6) is -0.326. The lowest BCUT2D eigenvalue weighted by atomic mass is 10.1. The van der Waals surface area contributed by atoms with Gasteiger partial charge in [0.2, 0.25) is 0 Å². The van der Waals surface area contributed by atoms with E-state index in [1.165, 1.54) is 6.07 Å². The van der Waals surface area contributed by atoms with Crippen LogP contribution in [0.25, 0.3) is 0 Å². The average molecular weight is 331 g/mol. The molecule has 0 saturated carbocycles. The number of hydrogen-bond donors (Lipinski definition) is 1. The maximum absolute atomic E-state index is 13.8. The molecule has 1 aliphatic rings. The minimum atomic E-state index is -0.456. The van der Waals surface area contributed by atoms with E-state index in [1.54, 1.807) is 23.1 Å². The summed E-state index contributed by atoms with van der Waals surface area (Å²) in [4.78, 5) is 14.3. The Morgan fingerprint density at radius 2 is 2.23 bits per heavy atom. The third kappa shape index (κ3) is 5.23. The lowest BCUT2D eigenvalue weighted by molar-refractivity contribution is -0.146. The summed E-state index contributed by atoms with van der Waals surface area (Å²) in [6, 6.07) is 6.60. The van der Waals surface area contributed by atoms with Gasteiger partial charge in [0, 0.05) is 31.7 Å². The number of amides is 1. The lowest BCUT2D eigenvalue weighted by Gasteiger charge is -2.30. The van der Waals surface area contributed by atoms with Gasteiger partial charge in [-0.15, -0.1) is 12.4 Å². The number of rotatable bonds is 6. The molecule has 1 aromatic rings. The minimum absolute atomic E-state index is 0. The number of hydrogen-bond acceptors (Lipinski definition) is 3. The van der Waals surface area contributed by atoms with Crippen LogP contribution in [0.15, 0.2) is 24.3 Å². The molecule has 0 aromatic heterocycles. The first kappa shape index (κ1) is 18.9. The molecular formula is C16H24ClFN2O2. The van der Waals surface area contributed by atoms with E-state index >= 15 is 0 Å². The predicted molar refractivity (Wildman–Crippen MR) is 86.6 cm³/mol. The van der Waals surface area contributed by atoms with Crippen LogP contribution < -0.4 is 5.32 Å². The van der Waals surface area contributed by atoms with Crippen LogP contribution in [-0.4, -0.2) is 43.2 Å². The van der Waals surface area contributed by atoms with Crippen LogP contribution >= 0.6 is 12.4 Å². The highest BCUT2D eigenvalue weighted by Crippen LogP contribution is 2.13. The highest BCUT2D eigenvalue weighted by atomic mass is 35.5. The first-order valence-corrected chi connectivity index (χ1v) is 7.57. The van der Waals surface area contributed by atoms with E-state index in [0.29, 0.717) is 31.8 Å². The maximum atomic E-state index is 13.8. The minimum Gasteiger partial charge on any atom is -0.366 e. The molecule has 1 fully saturated rings. The first-order valence-electron chi connectivity index (χ1n) is 7.57. The Morgan fingerprint density at radius 3 is 2.86 bits per heavy atom. The number of benzene rings is 1. The Kier molecular flexibility index (Phi) is 8.38. The Morgan fingerprint density at radius 1 is 1.45 bits per heavy atom. The van der Waals surface area contributed by atoms with Crippen molar-refractivity contribution in [1.82, 2.24) is 10.2 Å². The predicted octanol–water partition coefficient (Wildman–Crippen LogP) is 2.36. The van der Waals surface area contributed by atoms with Crippen molar-refractivity contribution in [3.05, 3.63) is 35.6 Å². The number of ether oxygens (including phenoxy) is 1. The van der Waals surface area contributed by atoms with Crippen LogP contribution in [0.4, 0.5) is 4.39 Å². The molecule has 0 radical (unpaired) electrons.